The van der Waals surface area contributed by atoms with Crippen molar-refractivity contribution in [3.05, 3.63) is 21.0 Å². The number of halogens is 1. The fourth-order valence-electron chi connectivity index (χ4n) is 1.95. The van der Waals surface area contributed by atoms with Gasteiger partial charge in [0.05, 0.1) is 11.9 Å². The van der Waals surface area contributed by atoms with Gasteiger partial charge in [-0.2, -0.15) is 5.10 Å². The second-order valence-electron chi connectivity index (χ2n) is 5.21. The van der Waals surface area contributed by atoms with E-state index in [0.29, 0.717) is 16.9 Å². The Balaban J connectivity index is 2.68. The van der Waals surface area contributed by atoms with Crippen LogP contribution >= 0.6 is 15.9 Å². The molecule has 20 heavy (non-hydrogen) atoms. The molecule has 1 heterocycles. The molecular formula is C14H25BrN4O. The average Bonchev–Trinajstić information content (AvgIpc) is 2.42. The summed E-state index contributed by atoms with van der Waals surface area (Å²) < 4.78 is 2.07. The van der Waals surface area contributed by atoms with Crippen LogP contribution in [-0.4, -0.2) is 40.9 Å². The lowest BCUT2D eigenvalue weighted by molar-refractivity contribution is 0.316. The highest BCUT2D eigenvalue weighted by Crippen LogP contribution is 2.16. The summed E-state index contributed by atoms with van der Waals surface area (Å²) in [5.74, 6) is 0.397. The number of hydrogen-bond donors (Lipinski definition) is 1. The van der Waals surface area contributed by atoms with Crippen LogP contribution in [0.3, 0.4) is 0 Å². The summed E-state index contributed by atoms with van der Waals surface area (Å²) in [5, 5.41) is 7.48. The summed E-state index contributed by atoms with van der Waals surface area (Å²) in [6, 6.07) is 0. The lowest BCUT2D eigenvalue weighted by atomic mass is 10.2. The van der Waals surface area contributed by atoms with Gasteiger partial charge in [-0.3, -0.25) is 4.79 Å². The molecular weight excluding hydrogens is 320 g/mol. The van der Waals surface area contributed by atoms with E-state index in [2.05, 4.69) is 58.9 Å². The lowest BCUT2D eigenvalue weighted by Crippen LogP contribution is -2.30. The van der Waals surface area contributed by atoms with Gasteiger partial charge in [0.25, 0.3) is 5.56 Å². The van der Waals surface area contributed by atoms with E-state index < -0.39 is 0 Å². The van der Waals surface area contributed by atoms with Crippen LogP contribution in [-0.2, 0) is 6.54 Å². The summed E-state index contributed by atoms with van der Waals surface area (Å²) in [4.78, 5) is 14.5. The van der Waals surface area contributed by atoms with Crippen LogP contribution in [0.1, 0.15) is 27.7 Å². The molecule has 0 aliphatic heterocycles. The zero-order chi connectivity index (χ0) is 15.1. The molecule has 0 spiro atoms. The van der Waals surface area contributed by atoms with E-state index in [1.165, 1.54) is 4.68 Å². The highest BCUT2D eigenvalue weighted by atomic mass is 79.9. The van der Waals surface area contributed by atoms with E-state index in [9.17, 15) is 4.79 Å². The SMILES string of the molecule is CCN(CC)CCNc1cnn(CC(C)C)c(=O)c1Br. The smallest absolute Gasteiger partial charge is 0.283 e. The van der Waals surface area contributed by atoms with E-state index in [4.69, 9.17) is 0 Å². The van der Waals surface area contributed by atoms with Crippen molar-refractivity contribution < 1.29 is 0 Å². The maximum Gasteiger partial charge on any atom is 0.283 e. The van der Waals surface area contributed by atoms with Gasteiger partial charge in [-0.15, -0.1) is 0 Å². The van der Waals surface area contributed by atoms with E-state index in [1.807, 2.05) is 0 Å². The molecule has 1 aromatic heterocycles. The molecule has 0 saturated carbocycles. The first-order chi connectivity index (χ1) is 9.49. The summed E-state index contributed by atoms with van der Waals surface area (Å²) in [5.41, 5.74) is 0.689. The maximum atomic E-state index is 12.1. The molecule has 0 aliphatic carbocycles. The number of hydrogen-bond acceptors (Lipinski definition) is 4. The van der Waals surface area contributed by atoms with Gasteiger partial charge < -0.3 is 10.2 Å². The van der Waals surface area contributed by atoms with Crippen molar-refractivity contribution >= 4 is 21.6 Å². The summed E-state index contributed by atoms with van der Waals surface area (Å²) in [6.45, 7) is 12.9. The van der Waals surface area contributed by atoms with Crippen LogP contribution in [0.25, 0.3) is 0 Å². The van der Waals surface area contributed by atoms with Crippen molar-refractivity contribution in [3.63, 3.8) is 0 Å². The number of nitrogens with zero attached hydrogens (tertiary/aromatic N) is 3. The predicted molar refractivity (Wildman–Crippen MR) is 87.3 cm³/mol. The molecule has 0 unspecified atom stereocenters. The summed E-state index contributed by atoms with van der Waals surface area (Å²) in [7, 11) is 0. The van der Waals surface area contributed by atoms with Crippen LogP contribution in [0.15, 0.2) is 15.5 Å². The molecule has 0 aromatic carbocycles. The quantitative estimate of drug-likeness (QED) is 0.786. The van der Waals surface area contributed by atoms with E-state index in [-0.39, 0.29) is 5.56 Å². The van der Waals surface area contributed by atoms with Crippen LogP contribution in [0.2, 0.25) is 0 Å². The topological polar surface area (TPSA) is 50.2 Å². The number of rotatable bonds is 8. The van der Waals surface area contributed by atoms with Gasteiger partial charge in [-0.25, -0.2) is 4.68 Å². The van der Waals surface area contributed by atoms with Crippen molar-refractivity contribution in [1.82, 2.24) is 14.7 Å². The fraction of sp³-hybridized carbons (Fsp3) is 0.714. The molecule has 6 heteroatoms. The van der Waals surface area contributed by atoms with Crippen molar-refractivity contribution in [3.8, 4) is 0 Å². The Morgan fingerprint density at radius 2 is 2.05 bits per heavy atom. The second-order valence-corrected chi connectivity index (χ2v) is 6.00. The standard InChI is InChI=1S/C14H25BrN4O/c1-5-18(6-2)8-7-16-12-9-17-19(10-11(3)4)14(20)13(12)15/h9,11,16H,5-8,10H2,1-4H3. The first-order valence-electron chi connectivity index (χ1n) is 7.21. The van der Waals surface area contributed by atoms with Crippen LogP contribution < -0.4 is 10.9 Å². The van der Waals surface area contributed by atoms with Crippen LogP contribution in [0.5, 0.6) is 0 Å². The maximum absolute atomic E-state index is 12.1. The number of aromatic nitrogens is 2. The fourth-order valence-corrected chi connectivity index (χ4v) is 2.40. The first kappa shape index (κ1) is 17.2. The number of anilines is 1. The number of nitrogens with one attached hydrogen (secondary N) is 1. The molecule has 0 saturated heterocycles. The highest BCUT2D eigenvalue weighted by molar-refractivity contribution is 9.10. The Labute approximate surface area is 129 Å². The summed E-state index contributed by atoms with van der Waals surface area (Å²) in [6.07, 6.45) is 1.72. The van der Waals surface area contributed by atoms with Gasteiger partial charge in [0.1, 0.15) is 4.47 Å². The van der Waals surface area contributed by atoms with Crippen molar-refractivity contribution in [1.29, 1.82) is 0 Å². The molecule has 114 valence electrons. The Bertz CT molecular complexity index is 469. The molecule has 5 nitrogen and oxygen atoms in total. The largest absolute Gasteiger partial charge is 0.381 e. The molecule has 1 rings (SSSR count). The minimum absolute atomic E-state index is 0.0773. The van der Waals surface area contributed by atoms with Crippen LogP contribution in [0.4, 0.5) is 5.69 Å². The first-order valence-corrected chi connectivity index (χ1v) is 8.00. The molecule has 0 aliphatic rings. The minimum Gasteiger partial charge on any atom is -0.381 e. The van der Waals surface area contributed by atoms with Gasteiger partial charge >= 0.3 is 0 Å². The Kier molecular flexibility index (Phi) is 7.23. The average molecular weight is 345 g/mol. The van der Waals surface area contributed by atoms with Crippen LogP contribution in [0, 0.1) is 5.92 Å². The Morgan fingerprint density at radius 3 is 2.60 bits per heavy atom. The van der Waals surface area contributed by atoms with Crippen molar-refractivity contribution in [2.45, 2.75) is 34.2 Å². The number of likely N-dealkylation sites (N-methyl/N-ethyl adjacent to an activating group) is 1. The molecule has 0 amide bonds. The normalized spacial score (nSPS) is 11.3. The molecule has 0 radical (unpaired) electrons. The van der Waals surface area contributed by atoms with E-state index in [1.54, 1.807) is 6.20 Å². The van der Waals surface area contributed by atoms with E-state index >= 15 is 0 Å². The molecule has 0 bridgehead atoms. The Hall–Kier alpha value is -0.880. The second kappa shape index (κ2) is 8.42. The third kappa shape index (κ3) is 4.90. The zero-order valence-corrected chi connectivity index (χ0v) is 14.4. The predicted octanol–water partition coefficient (Wildman–Crippen LogP) is 2.42. The zero-order valence-electron chi connectivity index (χ0n) is 12.8. The molecule has 1 N–H and O–H groups in total. The van der Waals surface area contributed by atoms with E-state index in [0.717, 1.165) is 31.9 Å². The lowest BCUT2D eigenvalue weighted by Gasteiger charge is -2.18. The van der Waals surface area contributed by atoms with Gasteiger partial charge in [0.15, 0.2) is 0 Å². The van der Waals surface area contributed by atoms with Gasteiger partial charge in [-0.1, -0.05) is 27.7 Å². The van der Waals surface area contributed by atoms with Gasteiger partial charge in [0.2, 0.25) is 0 Å². The Morgan fingerprint density at radius 1 is 1.40 bits per heavy atom. The molecule has 0 atom stereocenters. The van der Waals surface area contributed by atoms with Gasteiger partial charge in [0, 0.05) is 19.6 Å². The molecule has 0 fully saturated rings. The minimum atomic E-state index is -0.0773. The van der Waals surface area contributed by atoms with Crippen molar-refractivity contribution in [2.24, 2.45) is 5.92 Å². The third-order valence-electron chi connectivity index (χ3n) is 3.16. The van der Waals surface area contributed by atoms with Gasteiger partial charge in [-0.05, 0) is 34.9 Å². The third-order valence-corrected chi connectivity index (χ3v) is 3.93. The monoisotopic (exact) mass is 344 g/mol. The molecule has 1 aromatic rings. The highest BCUT2D eigenvalue weighted by Gasteiger charge is 2.09. The van der Waals surface area contributed by atoms with Crippen molar-refractivity contribution in [2.75, 3.05) is 31.5 Å². The summed E-state index contributed by atoms with van der Waals surface area (Å²) >= 11 is 3.37.